The summed E-state index contributed by atoms with van der Waals surface area (Å²) < 4.78 is 0. The minimum absolute atomic E-state index is 0. The summed E-state index contributed by atoms with van der Waals surface area (Å²) in [6.07, 6.45) is 2.50. The third-order valence-corrected chi connectivity index (χ3v) is 0.943. The van der Waals surface area contributed by atoms with Gasteiger partial charge in [-0.15, -0.1) is 11.6 Å². The van der Waals surface area contributed by atoms with Gasteiger partial charge in [0.05, 0.1) is 0 Å². The Morgan fingerprint density at radius 3 is 1.60 bits per heavy atom. The molecule has 0 radical (unpaired) electrons. The van der Waals surface area contributed by atoms with E-state index >= 15 is 0 Å². The van der Waals surface area contributed by atoms with Crippen molar-refractivity contribution in [2.45, 2.75) is 18.2 Å². The van der Waals surface area contributed by atoms with Crippen LogP contribution in [0.1, 0.15) is 12.8 Å². The monoisotopic (exact) mass is 93.0 g/mol. The van der Waals surface area contributed by atoms with E-state index in [-0.39, 0.29) is 6.15 Å². The SMILES string of the molecule is ClC1CC1.N. The van der Waals surface area contributed by atoms with Crippen molar-refractivity contribution in [3.05, 3.63) is 0 Å². The van der Waals surface area contributed by atoms with Gasteiger partial charge in [-0.05, 0) is 12.8 Å². The second kappa shape index (κ2) is 1.63. The maximum atomic E-state index is 5.39. The summed E-state index contributed by atoms with van der Waals surface area (Å²) >= 11 is 5.39. The van der Waals surface area contributed by atoms with E-state index in [9.17, 15) is 0 Å². The van der Waals surface area contributed by atoms with Crippen LogP contribution in [-0.2, 0) is 0 Å². The van der Waals surface area contributed by atoms with Gasteiger partial charge in [-0.25, -0.2) is 0 Å². The van der Waals surface area contributed by atoms with E-state index in [1.807, 2.05) is 0 Å². The zero-order valence-electron chi connectivity index (χ0n) is 3.08. The summed E-state index contributed by atoms with van der Waals surface area (Å²) in [5.74, 6) is 0. The third-order valence-electron chi connectivity index (χ3n) is 0.507. The number of hydrogen-bond acceptors (Lipinski definition) is 1. The molecule has 32 valence electrons. The van der Waals surface area contributed by atoms with Gasteiger partial charge in [0.25, 0.3) is 0 Å². The molecule has 0 heterocycles. The molecule has 2 heteroatoms. The van der Waals surface area contributed by atoms with Crippen molar-refractivity contribution in [1.29, 1.82) is 0 Å². The summed E-state index contributed by atoms with van der Waals surface area (Å²) in [5.41, 5.74) is 0. The highest BCUT2D eigenvalue weighted by molar-refractivity contribution is 6.22. The van der Waals surface area contributed by atoms with Crippen LogP contribution in [0, 0.1) is 0 Å². The topological polar surface area (TPSA) is 35.0 Å². The lowest BCUT2D eigenvalue weighted by Crippen LogP contribution is -1.45. The average molecular weight is 93.6 g/mol. The highest BCUT2D eigenvalue weighted by atomic mass is 35.5. The van der Waals surface area contributed by atoms with Gasteiger partial charge in [0, 0.05) is 5.38 Å². The van der Waals surface area contributed by atoms with Crippen molar-refractivity contribution >= 4 is 11.6 Å². The number of alkyl halides is 1. The van der Waals surface area contributed by atoms with Crippen molar-refractivity contribution in [1.82, 2.24) is 6.15 Å². The second-order valence-electron chi connectivity index (χ2n) is 1.17. The van der Waals surface area contributed by atoms with Gasteiger partial charge >= 0.3 is 0 Å². The van der Waals surface area contributed by atoms with Crippen LogP contribution in [0.25, 0.3) is 0 Å². The van der Waals surface area contributed by atoms with Gasteiger partial charge in [0.1, 0.15) is 0 Å². The molecule has 0 amide bonds. The molecule has 0 saturated heterocycles. The van der Waals surface area contributed by atoms with Crippen LogP contribution in [0.3, 0.4) is 0 Å². The first-order chi connectivity index (χ1) is 1.89. The molecular weight excluding hydrogens is 85.5 g/mol. The predicted molar refractivity (Wildman–Crippen MR) is 23.9 cm³/mol. The molecule has 1 rings (SSSR count). The van der Waals surface area contributed by atoms with Crippen LogP contribution in [-0.4, -0.2) is 5.38 Å². The minimum atomic E-state index is 0. The van der Waals surface area contributed by atoms with Gasteiger partial charge in [-0.1, -0.05) is 0 Å². The van der Waals surface area contributed by atoms with E-state index in [4.69, 9.17) is 11.6 Å². The Labute approximate surface area is 36.9 Å². The Kier molecular flexibility index (Phi) is 1.71. The average Bonchev–Trinajstić information content (AvgIpc) is 1.75. The lowest BCUT2D eigenvalue weighted by molar-refractivity contribution is 1.50. The Bertz CT molecular complexity index is 26.1. The lowest BCUT2D eigenvalue weighted by atomic mass is 11.0. The molecule has 1 aliphatic carbocycles. The van der Waals surface area contributed by atoms with E-state index in [1.165, 1.54) is 12.8 Å². The molecule has 3 N–H and O–H groups in total. The molecule has 0 unspecified atom stereocenters. The van der Waals surface area contributed by atoms with Crippen LogP contribution in [0.4, 0.5) is 0 Å². The molecule has 0 aromatic rings. The van der Waals surface area contributed by atoms with Gasteiger partial charge in [-0.2, -0.15) is 0 Å². The van der Waals surface area contributed by atoms with E-state index in [0.29, 0.717) is 5.38 Å². The molecule has 0 atom stereocenters. The first kappa shape index (κ1) is 5.25. The molecule has 1 fully saturated rings. The molecule has 1 aliphatic rings. The van der Waals surface area contributed by atoms with Crippen molar-refractivity contribution in [3.63, 3.8) is 0 Å². The smallest absolute Gasteiger partial charge is 0.0337 e. The Morgan fingerprint density at radius 1 is 1.40 bits per heavy atom. The zero-order chi connectivity index (χ0) is 2.99. The van der Waals surface area contributed by atoms with Crippen LogP contribution in [0.2, 0.25) is 0 Å². The van der Waals surface area contributed by atoms with Gasteiger partial charge in [0.15, 0.2) is 0 Å². The quantitative estimate of drug-likeness (QED) is 0.453. The Hall–Kier alpha value is 0.250. The number of hydrogen-bond donors (Lipinski definition) is 1. The molecule has 1 saturated carbocycles. The van der Waals surface area contributed by atoms with Crippen molar-refractivity contribution in [3.8, 4) is 0 Å². The first-order valence-electron chi connectivity index (χ1n) is 1.53. The first-order valence-corrected chi connectivity index (χ1v) is 1.97. The van der Waals surface area contributed by atoms with Crippen LogP contribution in [0.5, 0.6) is 0 Å². The van der Waals surface area contributed by atoms with E-state index < -0.39 is 0 Å². The zero-order valence-corrected chi connectivity index (χ0v) is 3.83. The molecule has 0 bridgehead atoms. The van der Waals surface area contributed by atoms with Gasteiger partial charge in [0.2, 0.25) is 0 Å². The lowest BCUT2D eigenvalue weighted by Gasteiger charge is -1.50. The molecule has 0 aliphatic heterocycles. The fourth-order valence-electron chi connectivity index (χ4n) is 0.0630. The highest BCUT2D eigenvalue weighted by Gasteiger charge is 2.15. The van der Waals surface area contributed by atoms with Crippen LogP contribution >= 0.6 is 11.6 Å². The van der Waals surface area contributed by atoms with E-state index in [1.54, 1.807) is 0 Å². The summed E-state index contributed by atoms with van der Waals surface area (Å²) in [6, 6.07) is 0. The maximum absolute atomic E-state index is 5.39. The van der Waals surface area contributed by atoms with Crippen molar-refractivity contribution < 1.29 is 0 Å². The standard InChI is InChI=1S/C3H5Cl.H3N/c4-3-1-2-3;/h3H,1-2H2;1H3. The summed E-state index contributed by atoms with van der Waals surface area (Å²) in [6.45, 7) is 0. The number of halogens is 1. The van der Waals surface area contributed by atoms with Crippen molar-refractivity contribution in [2.24, 2.45) is 0 Å². The summed E-state index contributed by atoms with van der Waals surface area (Å²) in [7, 11) is 0. The molecule has 0 spiro atoms. The van der Waals surface area contributed by atoms with Crippen LogP contribution in [0.15, 0.2) is 0 Å². The van der Waals surface area contributed by atoms with Crippen molar-refractivity contribution in [2.75, 3.05) is 0 Å². The Balaban J connectivity index is 0.000000160. The summed E-state index contributed by atoms with van der Waals surface area (Å²) in [4.78, 5) is 0. The Morgan fingerprint density at radius 2 is 1.60 bits per heavy atom. The fourth-order valence-corrected chi connectivity index (χ4v) is 0.189. The molecular formula is C3H8ClN. The highest BCUT2D eigenvalue weighted by Crippen LogP contribution is 2.25. The summed E-state index contributed by atoms with van der Waals surface area (Å²) in [5, 5.41) is 0.556. The normalized spacial score (nSPS) is 21.0. The predicted octanol–water partition coefficient (Wildman–Crippen LogP) is 1.55. The number of rotatable bonds is 0. The fraction of sp³-hybridized carbons (Fsp3) is 1.00. The third kappa shape index (κ3) is 2.04. The molecule has 0 aromatic carbocycles. The second-order valence-corrected chi connectivity index (χ2v) is 1.79. The molecule has 1 nitrogen and oxygen atoms in total. The van der Waals surface area contributed by atoms with E-state index in [0.717, 1.165) is 0 Å². The maximum Gasteiger partial charge on any atom is 0.0337 e. The van der Waals surface area contributed by atoms with E-state index in [2.05, 4.69) is 0 Å². The molecule has 5 heavy (non-hydrogen) atoms. The van der Waals surface area contributed by atoms with Crippen LogP contribution < -0.4 is 6.15 Å². The van der Waals surface area contributed by atoms with Gasteiger partial charge in [-0.3, -0.25) is 0 Å². The minimum Gasteiger partial charge on any atom is -0.344 e. The largest absolute Gasteiger partial charge is 0.344 e. The molecule has 0 aromatic heterocycles. The van der Waals surface area contributed by atoms with Gasteiger partial charge < -0.3 is 6.15 Å².